The van der Waals surface area contributed by atoms with E-state index < -0.39 is 23.8 Å². The van der Waals surface area contributed by atoms with E-state index >= 15 is 0 Å². The van der Waals surface area contributed by atoms with Gasteiger partial charge in [-0.2, -0.15) is 0 Å². The topological polar surface area (TPSA) is 116 Å². The number of nitrogens with zero attached hydrogens (tertiary/aromatic N) is 5. The quantitative estimate of drug-likeness (QED) is 0.312. The molecule has 10 heteroatoms. The first-order valence-electron chi connectivity index (χ1n) is 11.3. The minimum atomic E-state index is -1.09. The molecule has 5 rings (SSSR count). The van der Waals surface area contributed by atoms with Crippen molar-refractivity contribution in [2.24, 2.45) is 13.0 Å². The third-order valence-corrected chi connectivity index (χ3v) is 6.56. The molecule has 3 heterocycles. The van der Waals surface area contributed by atoms with Crippen molar-refractivity contribution in [2.45, 2.75) is 32.9 Å². The first-order chi connectivity index (χ1) is 16.8. The summed E-state index contributed by atoms with van der Waals surface area (Å²) in [5.41, 5.74) is 0.913. The molecule has 0 saturated heterocycles. The third-order valence-electron chi connectivity index (χ3n) is 6.56. The van der Waals surface area contributed by atoms with E-state index in [4.69, 9.17) is 4.74 Å². The Kier molecular flexibility index (Phi) is 5.43. The highest BCUT2D eigenvalue weighted by Gasteiger charge is 2.45. The number of rotatable bonds is 6. The second-order valence-corrected chi connectivity index (χ2v) is 8.60. The first kappa shape index (κ1) is 22.5. The lowest BCUT2D eigenvalue weighted by Gasteiger charge is -2.28. The Balaban J connectivity index is 1.48. The molecule has 0 spiro atoms. The Morgan fingerprint density at radius 2 is 1.60 bits per heavy atom. The molecule has 2 atom stereocenters. The van der Waals surface area contributed by atoms with Gasteiger partial charge >= 0.3 is 5.97 Å². The van der Waals surface area contributed by atoms with E-state index in [0.29, 0.717) is 28.9 Å². The second kappa shape index (κ2) is 8.46. The van der Waals surface area contributed by atoms with Crippen LogP contribution in [0, 0.1) is 5.92 Å². The lowest BCUT2D eigenvalue weighted by molar-refractivity contribution is -0.151. The van der Waals surface area contributed by atoms with E-state index in [1.165, 1.54) is 4.57 Å². The fourth-order valence-corrected chi connectivity index (χ4v) is 4.48. The lowest BCUT2D eigenvalue weighted by atomic mass is 9.97. The number of ether oxygens (including phenoxy) is 1. The molecule has 1 aliphatic rings. The average molecular weight is 473 g/mol. The Labute approximate surface area is 199 Å². The molecular formula is C25H23N5O5. The number of para-hydroxylation sites is 1. The summed E-state index contributed by atoms with van der Waals surface area (Å²) in [6.45, 7) is 3.42. The average Bonchev–Trinajstić information content (AvgIpc) is 3.41. The SMILES string of the molecule is CCC(C)C(C(=O)OCc1nnc2n(C)c(=O)c3ccccc3n12)N1C(=O)c2ccccc2C1=O. The van der Waals surface area contributed by atoms with E-state index in [1.807, 2.05) is 6.92 Å². The van der Waals surface area contributed by atoms with Crippen molar-refractivity contribution >= 4 is 34.5 Å². The maximum atomic E-state index is 13.3. The van der Waals surface area contributed by atoms with Gasteiger partial charge in [0.15, 0.2) is 12.4 Å². The zero-order chi connectivity index (χ0) is 24.9. The highest BCUT2D eigenvalue weighted by atomic mass is 16.5. The van der Waals surface area contributed by atoms with Crippen LogP contribution in [0.15, 0.2) is 53.3 Å². The second-order valence-electron chi connectivity index (χ2n) is 8.60. The highest BCUT2D eigenvalue weighted by molar-refractivity contribution is 6.22. The first-order valence-corrected chi connectivity index (χ1v) is 11.3. The van der Waals surface area contributed by atoms with Crippen LogP contribution in [0.3, 0.4) is 0 Å². The van der Waals surface area contributed by atoms with Gasteiger partial charge in [0.25, 0.3) is 17.4 Å². The third kappa shape index (κ3) is 3.40. The molecule has 0 aliphatic carbocycles. The molecule has 1 aliphatic heterocycles. The van der Waals surface area contributed by atoms with Crippen molar-refractivity contribution in [1.82, 2.24) is 24.1 Å². The maximum absolute atomic E-state index is 13.3. The predicted molar refractivity (Wildman–Crippen MR) is 126 cm³/mol. The van der Waals surface area contributed by atoms with Crippen molar-refractivity contribution in [3.8, 4) is 0 Å². The molecule has 0 bridgehead atoms. The molecule has 0 radical (unpaired) electrons. The van der Waals surface area contributed by atoms with Gasteiger partial charge in [-0.05, 0) is 30.2 Å². The van der Waals surface area contributed by atoms with Crippen LogP contribution >= 0.6 is 0 Å². The number of imide groups is 1. The number of aromatic nitrogens is 4. The summed E-state index contributed by atoms with van der Waals surface area (Å²) in [4.78, 5) is 53.0. The van der Waals surface area contributed by atoms with Gasteiger partial charge in [0.2, 0.25) is 5.78 Å². The standard InChI is InChI=1S/C25H23N5O5/c1-4-14(2)20(30-22(32)15-9-5-6-10-16(15)23(30)33)24(34)35-13-19-26-27-25-28(3)21(31)17-11-7-8-12-18(17)29(19)25/h5-12,14,20H,4,13H2,1-3H3. The minimum Gasteiger partial charge on any atom is -0.456 e. The number of hydrogen-bond donors (Lipinski definition) is 0. The van der Waals surface area contributed by atoms with E-state index in [0.717, 1.165) is 4.90 Å². The van der Waals surface area contributed by atoms with Gasteiger partial charge in [-0.25, -0.2) is 4.79 Å². The molecule has 2 aromatic carbocycles. The number of esters is 1. The molecule has 0 N–H and O–H groups in total. The Morgan fingerprint density at radius 3 is 2.26 bits per heavy atom. The molecule has 2 unspecified atom stereocenters. The molecular weight excluding hydrogens is 450 g/mol. The van der Waals surface area contributed by atoms with Crippen molar-refractivity contribution in [3.05, 3.63) is 75.8 Å². The van der Waals surface area contributed by atoms with Crippen LogP contribution in [0.25, 0.3) is 16.7 Å². The highest BCUT2D eigenvalue weighted by Crippen LogP contribution is 2.29. The van der Waals surface area contributed by atoms with Crippen LogP contribution in [0.4, 0.5) is 0 Å². The van der Waals surface area contributed by atoms with Crippen molar-refractivity contribution in [1.29, 1.82) is 0 Å². The summed E-state index contributed by atoms with van der Waals surface area (Å²) in [5, 5.41) is 8.70. The molecule has 178 valence electrons. The van der Waals surface area contributed by atoms with Crippen LogP contribution in [0.5, 0.6) is 0 Å². The van der Waals surface area contributed by atoms with Crippen LogP contribution in [0.2, 0.25) is 0 Å². The number of amides is 2. The van der Waals surface area contributed by atoms with Crippen LogP contribution in [-0.2, 0) is 23.2 Å². The molecule has 2 amide bonds. The van der Waals surface area contributed by atoms with Gasteiger partial charge in [0, 0.05) is 7.05 Å². The maximum Gasteiger partial charge on any atom is 0.330 e. The Morgan fingerprint density at radius 1 is 0.971 bits per heavy atom. The summed E-state index contributed by atoms with van der Waals surface area (Å²) in [6, 6.07) is 12.4. The van der Waals surface area contributed by atoms with Crippen molar-refractivity contribution in [2.75, 3.05) is 0 Å². The number of fused-ring (bicyclic) bond motifs is 4. The van der Waals surface area contributed by atoms with Gasteiger partial charge in [-0.15, -0.1) is 10.2 Å². The van der Waals surface area contributed by atoms with E-state index in [9.17, 15) is 19.2 Å². The van der Waals surface area contributed by atoms with Gasteiger partial charge in [-0.1, -0.05) is 44.5 Å². The molecule has 10 nitrogen and oxygen atoms in total. The number of aryl methyl sites for hydroxylation is 1. The monoisotopic (exact) mass is 473 g/mol. The van der Waals surface area contributed by atoms with Crippen LogP contribution < -0.4 is 5.56 Å². The summed E-state index contributed by atoms with van der Waals surface area (Å²) in [5.74, 6) is -1.45. The number of hydrogen-bond acceptors (Lipinski definition) is 7. The van der Waals surface area contributed by atoms with Crippen LogP contribution in [-0.4, -0.2) is 47.9 Å². The Bertz CT molecular complexity index is 1530. The summed E-state index contributed by atoms with van der Waals surface area (Å²) in [7, 11) is 1.59. The van der Waals surface area contributed by atoms with Crippen molar-refractivity contribution in [3.63, 3.8) is 0 Å². The van der Waals surface area contributed by atoms with Gasteiger partial charge in [0.05, 0.1) is 22.0 Å². The van der Waals surface area contributed by atoms with E-state index in [2.05, 4.69) is 10.2 Å². The van der Waals surface area contributed by atoms with E-state index in [-0.39, 0.29) is 29.2 Å². The molecule has 35 heavy (non-hydrogen) atoms. The number of carbonyl (C=O) groups excluding carboxylic acids is 3. The smallest absolute Gasteiger partial charge is 0.330 e. The fraction of sp³-hybridized carbons (Fsp3) is 0.280. The molecule has 4 aromatic rings. The van der Waals surface area contributed by atoms with Gasteiger partial charge in [-0.3, -0.25) is 28.3 Å². The number of benzene rings is 2. The van der Waals surface area contributed by atoms with E-state index in [1.54, 1.807) is 66.9 Å². The number of carbonyl (C=O) groups is 3. The largest absolute Gasteiger partial charge is 0.456 e. The van der Waals surface area contributed by atoms with Crippen LogP contribution in [0.1, 0.15) is 46.8 Å². The normalized spacial score (nSPS) is 15.0. The zero-order valence-electron chi connectivity index (χ0n) is 19.5. The predicted octanol–water partition coefficient (Wildman–Crippen LogP) is 2.34. The minimum absolute atomic E-state index is 0.216. The zero-order valence-corrected chi connectivity index (χ0v) is 19.5. The van der Waals surface area contributed by atoms with Crippen molar-refractivity contribution < 1.29 is 19.1 Å². The Hall–Kier alpha value is -4.34. The fourth-order valence-electron chi connectivity index (χ4n) is 4.48. The summed E-state index contributed by atoms with van der Waals surface area (Å²) in [6.07, 6.45) is 0.549. The summed E-state index contributed by atoms with van der Waals surface area (Å²) >= 11 is 0. The summed E-state index contributed by atoms with van der Waals surface area (Å²) < 4.78 is 8.64. The molecule has 2 aromatic heterocycles. The lowest BCUT2D eigenvalue weighted by Crippen LogP contribution is -2.49. The molecule has 0 fully saturated rings. The molecule has 0 saturated carbocycles. The van der Waals surface area contributed by atoms with Gasteiger partial charge < -0.3 is 4.74 Å². The van der Waals surface area contributed by atoms with Gasteiger partial charge in [0.1, 0.15) is 6.04 Å².